The van der Waals surface area contributed by atoms with Crippen molar-refractivity contribution in [2.45, 2.75) is 39.3 Å². The second-order valence-corrected chi connectivity index (χ2v) is 4.97. The molecule has 1 saturated heterocycles. The van der Waals surface area contributed by atoms with Gasteiger partial charge in [0.2, 0.25) is 5.91 Å². The first-order valence-corrected chi connectivity index (χ1v) is 6.11. The molecule has 0 aliphatic carbocycles. The fourth-order valence-electron chi connectivity index (χ4n) is 2.15. The summed E-state index contributed by atoms with van der Waals surface area (Å²) in [6.07, 6.45) is 1.39. The van der Waals surface area contributed by atoms with Crippen molar-refractivity contribution in [3.8, 4) is 0 Å². The first-order valence-electron chi connectivity index (χ1n) is 5.73. The van der Waals surface area contributed by atoms with E-state index in [-0.39, 0.29) is 24.3 Å². The third-order valence-electron chi connectivity index (χ3n) is 3.34. The maximum atomic E-state index is 13.9. The summed E-state index contributed by atoms with van der Waals surface area (Å²) in [6, 6.07) is 3.50. The van der Waals surface area contributed by atoms with Gasteiger partial charge in [-0.1, -0.05) is 17.7 Å². The van der Waals surface area contributed by atoms with Crippen LogP contribution in [0.25, 0.3) is 0 Å². The molecule has 0 N–H and O–H groups in total. The van der Waals surface area contributed by atoms with Gasteiger partial charge in [-0.25, -0.2) is 4.39 Å². The van der Waals surface area contributed by atoms with Crippen LogP contribution in [0.4, 0.5) is 4.39 Å². The highest BCUT2D eigenvalue weighted by atomic mass is 35.5. The predicted molar refractivity (Wildman–Crippen MR) is 65.4 cm³/mol. The zero-order valence-corrected chi connectivity index (χ0v) is 10.7. The fourth-order valence-corrected chi connectivity index (χ4v) is 2.36. The highest BCUT2D eigenvalue weighted by molar-refractivity contribution is 6.31. The lowest BCUT2D eigenvalue weighted by Crippen LogP contribution is -2.30. The Kier molecular flexibility index (Phi) is 3.38. The Morgan fingerprint density at radius 3 is 2.82 bits per heavy atom. The van der Waals surface area contributed by atoms with Gasteiger partial charge >= 0.3 is 0 Å². The number of rotatable bonds is 2. The Hall–Kier alpha value is -1.09. The number of aryl methyl sites for hydroxylation is 1. The van der Waals surface area contributed by atoms with Crippen LogP contribution in [0.5, 0.6) is 0 Å². The average Bonchev–Trinajstić information content (AvgIpc) is 2.60. The molecule has 1 aliphatic heterocycles. The molecule has 0 spiro atoms. The van der Waals surface area contributed by atoms with Crippen LogP contribution in [-0.4, -0.2) is 16.8 Å². The van der Waals surface area contributed by atoms with Crippen molar-refractivity contribution >= 4 is 17.5 Å². The van der Waals surface area contributed by atoms with E-state index in [1.165, 1.54) is 0 Å². The maximum Gasteiger partial charge on any atom is 0.223 e. The largest absolute Gasteiger partial charge is 0.335 e. The van der Waals surface area contributed by atoms with Crippen LogP contribution >= 0.6 is 11.6 Å². The normalized spacial score (nSPS) is 20.1. The number of hydrogen-bond donors (Lipinski definition) is 0. The monoisotopic (exact) mass is 255 g/mol. The molecule has 0 bridgehead atoms. The predicted octanol–water partition coefficient (Wildman–Crippen LogP) is 3.30. The van der Waals surface area contributed by atoms with Crippen molar-refractivity contribution in [1.29, 1.82) is 0 Å². The highest BCUT2D eigenvalue weighted by Crippen LogP contribution is 2.27. The highest BCUT2D eigenvalue weighted by Gasteiger charge is 2.28. The van der Waals surface area contributed by atoms with Gasteiger partial charge in [-0.2, -0.15) is 0 Å². The molecule has 4 heteroatoms. The standard InChI is InChI=1S/C13H15ClFNO/c1-8-3-5-11(14)10(13(8)15)7-16-9(2)4-6-12(16)17/h3,5,9H,4,6-7H2,1-2H3. The van der Waals surface area contributed by atoms with E-state index < -0.39 is 0 Å². The summed E-state index contributed by atoms with van der Waals surface area (Å²) < 4.78 is 13.9. The zero-order valence-electron chi connectivity index (χ0n) is 9.96. The van der Waals surface area contributed by atoms with E-state index >= 15 is 0 Å². The molecule has 1 aromatic carbocycles. The molecule has 1 fully saturated rings. The molecule has 1 unspecified atom stereocenters. The molecule has 1 heterocycles. The van der Waals surface area contributed by atoms with E-state index in [1.807, 2.05) is 6.92 Å². The van der Waals surface area contributed by atoms with Crippen molar-refractivity contribution in [1.82, 2.24) is 4.90 Å². The molecule has 17 heavy (non-hydrogen) atoms. The number of benzene rings is 1. The summed E-state index contributed by atoms with van der Waals surface area (Å²) in [5, 5.41) is 0.389. The van der Waals surface area contributed by atoms with Gasteiger partial charge in [0.15, 0.2) is 0 Å². The molecule has 2 nitrogen and oxygen atoms in total. The molecular weight excluding hydrogens is 241 g/mol. The summed E-state index contributed by atoms with van der Waals surface area (Å²) in [5.41, 5.74) is 0.984. The van der Waals surface area contributed by atoms with E-state index in [4.69, 9.17) is 11.6 Å². The molecular formula is C13H15ClFNO. The number of hydrogen-bond acceptors (Lipinski definition) is 1. The molecule has 2 rings (SSSR count). The van der Waals surface area contributed by atoms with E-state index in [2.05, 4.69) is 0 Å². The van der Waals surface area contributed by atoms with Crippen molar-refractivity contribution in [2.75, 3.05) is 0 Å². The van der Waals surface area contributed by atoms with Crippen LogP contribution < -0.4 is 0 Å². The topological polar surface area (TPSA) is 20.3 Å². The maximum absolute atomic E-state index is 13.9. The summed E-state index contributed by atoms with van der Waals surface area (Å²) in [4.78, 5) is 13.4. The van der Waals surface area contributed by atoms with Crippen molar-refractivity contribution in [3.63, 3.8) is 0 Å². The van der Waals surface area contributed by atoms with E-state index in [0.29, 0.717) is 22.6 Å². The SMILES string of the molecule is Cc1ccc(Cl)c(CN2C(=O)CCC2C)c1F. The molecule has 0 aromatic heterocycles. The van der Waals surface area contributed by atoms with E-state index in [0.717, 1.165) is 6.42 Å². The minimum Gasteiger partial charge on any atom is -0.335 e. The van der Waals surface area contributed by atoms with E-state index in [9.17, 15) is 9.18 Å². The first-order chi connectivity index (χ1) is 8.00. The second kappa shape index (κ2) is 4.65. The molecule has 1 atom stereocenters. The van der Waals surface area contributed by atoms with Crippen LogP contribution in [0, 0.1) is 12.7 Å². The van der Waals surface area contributed by atoms with Gasteiger partial charge in [0.1, 0.15) is 5.82 Å². The smallest absolute Gasteiger partial charge is 0.223 e. The Morgan fingerprint density at radius 2 is 2.24 bits per heavy atom. The van der Waals surface area contributed by atoms with Crippen LogP contribution in [-0.2, 0) is 11.3 Å². The third kappa shape index (κ3) is 2.29. The number of nitrogens with zero attached hydrogens (tertiary/aromatic N) is 1. The molecule has 92 valence electrons. The lowest BCUT2D eigenvalue weighted by molar-refractivity contribution is -0.129. The van der Waals surface area contributed by atoms with E-state index in [1.54, 1.807) is 24.0 Å². The number of carbonyl (C=O) groups is 1. The second-order valence-electron chi connectivity index (χ2n) is 4.57. The lowest BCUT2D eigenvalue weighted by Gasteiger charge is -2.22. The Labute approximate surface area is 105 Å². The van der Waals surface area contributed by atoms with Crippen LogP contribution in [0.1, 0.15) is 30.9 Å². The van der Waals surface area contributed by atoms with Crippen molar-refractivity contribution in [3.05, 3.63) is 34.1 Å². The number of amides is 1. The Morgan fingerprint density at radius 1 is 1.53 bits per heavy atom. The minimum atomic E-state index is -0.301. The third-order valence-corrected chi connectivity index (χ3v) is 3.69. The zero-order chi connectivity index (χ0) is 12.6. The minimum absolute atomic E-state index is 0.0782. The first kappa shape index (κ1) is 12.4. The molecule has 1 aliphatic rings. The Balaban J connectivity index is 2.30. The Bertz CT molecular complexity index is 461. The van der Waals surface area contributed by atoms with Crippen LogP contribution in [0.2, 0.25) is 5.02 Å². The van der Waals surface area contributed by atoms with Gasteiger partial charge in [-0.05, 0) is 31.9 Å². The van der Waals surface area contributed by atoms with Gasteiger partial charge in [-0.15, -0.1) is 0 Å². The van der Waals surface area contributed by atoms with Gasteiger partial charge in [-0.3, -0.25) is 4.79 Å². The molecule has 0 radical (unpaired) electrons. The molecule has 0 saturated carbocycles. The summed E-state index contributed by atoms with van der Waals surface area (Å²) in [5.74, 6) is -0.223. The fraction of sp³-hybridized carbons (Fsp3) is 0.462. The van der Waals surface area contributed by atoms with Crippen molar-refractivity contribution in [2.24, 2.45) is 0 Å². The summed E-state index contributed by atoms with van der Waals surface area (Å²) >= 11 is 6.00. The molecule has 1 amide bonds. The summed E-state index contributed by atoms with van der Waals surface area (Å²) in [7, 11) is 0. The quantitative estimate of drug-likeness (QED) is 0.794. The van der Waals surface area contributed by atoms with Crippen molar-refractivity contribution < 1.29 is 9.18 Å². The van der Waals surface area contributed by atoms with Gasteiger partial charge in [0.25, 0.3) is 0 Å². The van der Waals surface area contributed by atoms with Gasteiger partial charge in [0, 0.05) is 23.0 Å². The molecule has 1 aromatic rings. The van der Waals surface area contributed by atoms with Gasteiger partial charge < -0.3 is 4.90 Å². The summed E-state index contributed by atoms with van der Waals surface area (Å²) in [6.45, 7) is 3.95. The van der Waals surface area contributed by atoms with Gasteiger partial charge in [0.05, 0.1) is 6.54 Å². The average molecular weight is 256 g/mol. The number of likely N-dealkylation sites (tertiary alicyclic amines) is 1. The number of halogens is 2. The number of carbonyl (C=O) groups excluding carboxylic acids is 1. The lowest BCUT2D eigenvalue weighted by atomic mass is 10.1. The van der Waals surface area contributed by atoms with Crippen LogP contribution in [0.15, 0.2) is 12.1 Å². The van der Waals surface area contributed by atoms with Crippen LogP contribution in [0.3, 0.4) is 0 Å².